The van der Waals surface area contributed by atoms with Gasteiger partial charge in [0.25, 0.3) is 0 Å². The molecule has 39 heavy (non-hydrogen) atoms. The van der Waals surface area contributed by atoms with Crippen molar-refractivity contribution in [3.63, 3.8) is 0 Å². The molecular formula is C30H43N5O4. The minimum absolute atomic E-state index is 0.132. The lowest BCUT2D eigenvalue weighted by molar-refractivity contribution is -0.139. The van der Waals surface area contributed by atoms with Crippen molar-refractivity contribution in [1.29, 1.82) is 0 Å². The first-order chi connectivity index (χ1) is 18.7. The number of hydrogen-bond donors (Lipinski definition) is 3. The van der Waals surface area contributed by atoms with E-state index in [2.05, 4.69) is 10.6 Å². The SMILES string of the molecule is CN[C@@H](C)C(=O)N[C@@H](C)C(=O)N1CCC[C@H]1CN(CCc1ccccc1)C(=O)[C@H](N)Cc1ccc(OC)cc1. The van der Waals surface area contributed by atoms with Crippen LogP contribution in [0.1, 0.15) is 37.8 Å². The van der Waals surface area contributed by atoms with Crippen molar-refractivity contribution in [2.45, 2.75) is 63.7 Å². The van der Waals surface area contributed by atoms with Gasteiger partial charge in [0.05, 0.1) is 19.2 Å². The second-order valence-corrected chi connectivity index (χ2v) is 10.2. The fraction of sp³-hybridized carbons (Fsp3) is 0.500. The molecule has 2 aromatic rings. The minimum atomic E-state index is -0.707. The smallest absolute Gasteiger partial charge is 0.245 e. The quantitative estimate of drug-likeness (QED) is 0.358. The molecule has 1 fully saturated rings. The summed E-state index contributed by atoms with van der Waals surface area (Å²) in [5, 5.41) is 5.69. The van der Waals surface area contributed by atoms with Crippen molar-refractivity contribution >= 4 is 17.7 Å². The molecule has 3 rings (SSSR count). The summed E-state index contributed by atoms with van der Waals surface area (Å²) in [5.41, 5.74) is 8.54. The number of ether oxygens (including phenoxy) is 1. The Morgan fingerprint density at radius 1 is 1.05 bits per heavy atom. The van der Waals surface area contributed by atoms with Gasteiger partial charge in [0.2, 0.25) is 17.7 Å². The molecule has 0 aliphatic carbocycles. The molecule has 4 atom stereocenters. The van der Waals surface area contributed by atoms with Crippen LogP contribution in [0.25, 0.3) is 0 Å². The summed E-state index contributed by atoms with van der Waals surface area (Å²) in [6.07, 6.45) is 2.74. The first-order valence-electron chi connectivity index (χ1n) is 13.7. The van der Waals surface area contributed by atoms with Crippen LogP contribution in [0, 0.1) is 0 Å². The van der Waals surface area contributed by atoms with Gasteiger partial charge in [0.1, 0.15) is 11.8 Å². The van der Waals surface area contributed by atoms with E-state index in [0.29, 0.717) is 32.5 Å². The number of rotatable bonds is 13. The molecule has 0 bridgehead atoms. The molecule has 0 saturated carbocycles. The molecule has 0 aromatic heterocycles. The Morgan fingerprint density at radius 3 is 2.38 bits per heavy atom. The first-order valence-corrected chi connectivity index (χ1v) is 13.7. The van der Waals surface area contributed by atoms with Gasteiger partial charge in [0.15, 0.2) is 0 Å². The van der Waals surface area contributed by atoms with Crippen molar-refractivity contribution in [3.05, 3.63) is 65.7 Å². The highest BCUT2D eigenvalue weighted by Gasteiger charge is 2.35. The van der Waals surface area contributed by atoms with Crippen LogP contribution in [-0.2, 0) is 27.2 Å². The third-order valence-electron chi connectivity index (χ3n) is 7.40. The van der Waals surface area contributed by atoms with Crippen LogP contribution in [0.3, 0.4) is 0 Å². The van der Waals surface area contributed by atoms with Crippen LogP contribution in [-0.4, -0.2) is 85.5 Å². The highest BCUT2D eigenvalue weighted by molar-refractivity contribution is 5.89. The van der Waals surface area contributed by atoms with Gasteiger partial charge in [-0.1, -0.05) is 42.5 Å². The second kappa shape index (κ2) is 14.6. The first kappa shape index (κ1) is 30.1. The number of nitrogens with two attached hydrogens (primary N) is 1. The Kier molecular flexibility index (Phi) is 11.3. The van der Waals surface area contributed by atoms with Gasteiger partial charge in [0, 0.05) is 25.7 Å². The maximum Gasteiger partial charge on any atom is 0.245 e. The van der Waals surface area contributed by atoms with E-state index in [9.17, 15) is 14.4 Å². The fourth-order valence-corrected chi connectivity index (χ4v) is 4.89. The average molecular weight is 538 g/mol. The predicted molar refractivity (Wildman–Crippen MR) is 152 cm³/mol. The molecule has 4 N–H and O–H groups in total. The molecule has 2 aromatic carbocycles. The number of benzene rings is 2. The van der Waals surface area contributed by atoms with E-state index in [4.69, 9.17) is 10.5 Å². The van der Waals surface area contributed by atoms with Crippen LogP contribution in [0.5, 0.6) is 5.75 Å². The maximum atomic E-state index is 13.7. The Labute approximate surface area is 232 Å². The van der Waals surface area contributed by atoms with Crippen molar-refractivity contribution in [2.75, 3.05) is 33.8 Å². The van der Waals surface area contributed by atoms with Gasteiger partial charge in [-0.15, -0.1) is 0 Å². The van der Waals surface area contributed by atoms with Crippen molar-refractivity contribution in [2.24, 2.45) is 5.73 Å². The highest BCUT2D eigenvalue weighted by Crippen LogP contribution is 2.21. The van der Waals surface area contributed by atoms with E-state index < -0.39 is 18.1 Å². The molecule has 9 heteroatoms. The Balaban J connectivity index is 1.71. The Bertz CT molecular complexity index is 1080. The van der Waals surface area contributed by atoms with Gasteiger partial charge in [-0.3, -0.25) is 14.4 Å². The number of carbonyl (C=O) groups is 3. The average Bonchev–Trinajstić information content (AvgIpc) is 3.42. The number of nitrogens with zero attached hydrogens (tertiary/aromatic N) is 2. The second-order valence-electron chi connectivity index (χ2n) is 10.2. The molecular weight excluding hydrogens is 494 g/mol. The lowest BCUT2D eigenvalue weighted by atomic mass is 10.0. The molecule has 0 radical (unpaired) electrons. The number of carbonyl (C=O) groups excluding carboxylic acids is 3. The largest absolute Gasteiger partial charge is 0.497 e. The topological polar surface area (TPSA) is 117 Å². The molecule has 0 unspecified atom stereocenters. The number of nitrogens with one attached hydrogen (secondary N) is 2. The Hall–Kier alpha value is -3.43. The zero-order valence-electron chi connectivity index (χ0n) is 23.6. The van der Waals surface area contributed by atoms with Crippen LogP contribution in [0.4, 0.5) is 0 Å². The summed E-state index contributed by atoms with van der Waals surface area (Å²) in [6, 6.07) is 15.7. The normalized spacial score (nSPS) is 17.3. The van der Waals surface area contributed by atoms with E-state index in [1.807, 2.05) is 64.4 Å². The third-order valence-corrected chi connectivity index (χ3v) is 7.40. The van der Waals surface area contributed by atoms with Gasteiger partial charge < -0.3 is 30.9 Å². The molecule has 9 nitrogen and oxygen atoms in total. The van der Waals surface area contributed by atoms with Crippen LogP contribution < -0.4 is 21.1 Å². The maximum absolute atomic E-state index is 13.7. The molecule has 212 valence electrons. The number of hydrogen-bond acceptors (Lipinski definition) is 6. The lowest BCUT2D eigenvalue weighted by Gasteiger charge is -2.34. The number of methoxy groups -OCH3 is 1. The minimum Gasteiger partial charge on any atom is -0.497 e. The standard InChI is InChI=1S/C30H43N5O4/c1-21(32-3)28(36)33-22(2)29(37)35-17-8-11-25(35)20-34(18-16-23-9-6-5-7-10-23)30(38)27(31)19-24-12-14-26(39-4)15-13-24/h5-7,9-10,12-15,21-22,25,27,32H,8,11,16-20,31H2,1-4H3,(H,33,36)/t21-,22-,25-,27+/m0/s1. The van der Waals surface area contributed by atoms with E-state index in [0.717, 1.165) is 29.7 Å². The van der Waals surface area contributed by atoms with Crippen molar-refractivity contribution in [1.82, 2.24) is 20.4 Å². The summed E-state index contributed by atoms with van der Waals surface area (Å²) in [6.45, 7) is 4.96. The molecule has 1 saturated heterocycles. The van der Waals surface area contributed by atoms with Crippen LogP contribution in [0.2, 0.25) is 0 Å². The molecule has 1 heterocycles. The molecule has 1 aliphatic rings. The zero-order valence-corrected chi connectivity index (χ0v) is 23.6. The summed E-state index contributed by atoms with van der Waals surface area (Å²) < 4.78 is 5.23. The van der Waals surface area contributed by atoms with E-state index in [1.54, 1.807) is 28.0 Å². The van der Waals surface area contributed by atoms with Gasteiger partial charge in [-0.25, -0.2) is 0 Å². The number of likely N-dealkylation sites (N-methyl/N-ethyl adjacent to an activating group) is 1. The van der Waals surface area contributed by atoms with Gasteiger partial charge >= 0.3 is 0 Å². The van der Waals surface area contributed by atoms with Gasteiger partial charge in [-0.05, 0) is 69.8 Å². The molecule has 1 aliphatic heterocycles. The summed E-state index contributed by atoms with van der Waals surface area (Å²) >= 11 is 0. The number of likely N-dealkylation sites (tertiary alicyclic amines) is 1. The van der Waals surface area contributed by atoms with Crippen molar-refractivity contribution in [3.8, 4) is 5.75 Å². The molecule has 0 spiro atoms. The zero-order chi connectivity index (χ0) is 28.4. The summed E-state index contributed by atoms with van der Waals surface area (Å²) in [5.74, 6) is 0.260. The lowest BCUT2D eigenvalue weighted by Crippen LogP contribution is -2.55. The highest BCUT2D eigenvalue weighted by atomic mass is 16.5. The van der Waals surface area contributed by atoms with Crippen LogP contribution in [0.15, 0.2) is 54.6 Å². The fourth-order valence-electron chi connectivity index (χ4n) is 4.89. The monoisotopic (exact) mass is 537 g/mol. The van der Waals surface area contributed by atoms with Crippen LogP contribution >= 0.6 is 0 Å². The molecule has 3 amide bonds. The summed E-state index contributed by atoms with van der Waals surface area (Å²) in [4.78, 5) is 42.9. The Morgan fingerprint density at radius 2 is 1.74 bits per heavy atom. The summed E-state index contributed by atoms with van der Waals surface area (Å²) in [7, 11) is 3.32. The van der Waals surface area contributed by atoms with E-state index >= 15 is 0 Å². The number of amides is 3. The third kappa shape index (κ3) is 8.53. The predicted octanol–water partition coefficient (Wildman–Crippen LogP) is 1.74. The van der Waals surface area contributed by atoms with E-state index in [1.165, 1.54) is 0 Å². The van der Waals surface area contributed by atoms with Crippen molar-refractivity contribution < 1.29 is 19.1 Å². The van der Waals surface area contributed by atoms with E-state index in [-0.39, 0.29) is 23.8 Å². The van der Waals surface area contributed by atoms with Gasteiger partial charge in [-0.2, -0.15) is 0 Å².